The van der Waals surface area contributed by atoms with E-state index >= 15 is 0 Å². The number of halogens is 3. The first-order valence-electron chi connectivity index (χ1n) is 12.1. The van der Waals surface area contributed by atoms with E-state index in [1.165, 1.54) is 30.0 Å². The summed E-state index contributed by atoms with van der Waals surface area (Å²) in [4.78, 5) is 24.7. The average Bonchev–Trinajstić information content (AvgIpc) is 2.93. The topological polar surface area (TPSA) is 207 Å². The largest absolute Gasteiger partial charge is 0.394 e. The summed E-state index contributed by atoms with van der Waals surface area (Å²) in [5.74, 6) is 0. The molecule has 3 rings (SSSR count). The Balaban J connectivity index is 0. The van der Waals surface area contributed by atoms with Crippen molar-refractivity contribution in [2.45, 2.75) is 9.79 Å². The van der Waals surface area contributed by atoms with Crippen LogP contribution in [0.4, 0.5) is 17.1 Å². The molecular weight excluding hydrogens is 733 g/mol. The minimum atomic E-state index is -4.67. The summed E-state index contributed by atoms with van der Waals surface area (Å²) in [6, 6.07) is 22.6. The minimum absolute atomic E-state index is 0.0851. The zero-order valence-electron chi connectivity index (χ0n) is 25.3. The lowest BCUT2D eigenvalue weighted by Crippen LogP contribution is -2.08. The molecular formula is C26H34Cl3N3O11S3. The van der Waals surface area contributed by atoms with Crippen molar-refractivity contribution in [1.29, 1.82) is 0 Å². The fourth-order valence-electron chi connectivity index (χ4n) is 2.55. The van der Waals surface area contributed by atoms with E-state index in [0.717, 1.165) is 11.4 Å². The van der Waals surface area contributed by atoms with Crippen LogP contribution in [0.5, 0.6) is 0 Å². The molecule has 0 aromatic heterocycles. The highest BCUT2D eigenvalue weighted by Crippen LogP contribution is 2.19. The number of rotatable bonds is 6. The Bertz CT molecular complexity index is 1590. The smallest absolute Gasteiger partial charge is 0.378 e. The minimum Gasteiger partial charge on any atom is -0.378 e. The van der Waals surface area contributed by atoms with Gasteiger partial charge in [-0.25, -0.2) is 8.42 Å². The van der Waals surface area contributed by atoms with Gasteiger partial charge in [0.2, 0.25) is 0 Å². The Labute approximate surface area is 283 Å². The molecule has 0 bridgehead atoms. The second-order valence-corrected chi connectivity index (χ2v) is 14.5. The molecule has 0 aliphatic rings. The Hall–Kier alpha value is -3.00. The Morgan fingerprint density at radius 3 is 0.978 bits per heavy atom. The number of carbonyl (C=O) groups is 2. The number of benzene rings is 3. The molecule has 0 amide bonds. The summed E-state index contributed by atoms with van der Waals surface area (Å²) in [6.45, 7) is 0. The van der Waals surface area contributed by atoms with Gasteiger partial charge in [0.1, 0.15) is 0 Å². The van der Waals surface area contributed by atoms with Crippen LogP contribution in [0.1, 0.15) is 0 Å². The van der Waals surface area contributed by atoms with E-state index in [0.29, 0.717) is 0 Å². The number of anilines is 3. The quantitative estimate of drug-likeness (QED) is 0.182. The van der Waals surface area contributed by atoms with Crippen molar-refractivity contribution in [3.63, 3.8) is 0 Å². The second-order valence-electron chi connectivity index (χ2n) is 8.91. The molecule has 0 heterocycles. The monoisotopic (exact) mass is 765 g/mol. The summed E-state index contributed by atoms with van der Waals surface area (Å²) in [6.07, 6.45) is 0. The van der Waals surface area contributed by atoms with Crippen LogP contribution < -0.4 is 14.7 Å². The predicted octanol–water partition coefficient (Wildman–Crippen LogP) is 4.30. The van der Waals surface area contributed by atoms with Crippen molar-refractivity contribution in [1.82, 2.24) is 0 Å². The SMILES string of the molecule is CN(C)c1ccc(S(=O)(=O)Cl)cc1.CN(C)c1ccc(S(=O)(=O)O)cc1.CN(C)c1ccccc1.O=C(Cl)C(=O)Cl.O=S(=O)(O)O. The summed E-state index contributed by atoms with van der Waals surface area (Å²) < 4.78 is 83.3. The third-order valence-electron chi connectivity index (χ3n) is 4.71. The third kappa shape index (κ3) is 23.4. The van der Waals surface area contributed by atoms with Crippen molar-refractivity contribution < 1.29 is 48.5 Å². The van der Waals surface area contributed by atoms with E-state index in [4.69, 9.17) is 32.8 Å². The number of para-hydroxylation sites is 1. The van der Waals surface area contributed by atoms with Crippen LogP contribution in [0.15, 0.2) is 88.7 Å². The molecule has 0 radical (unpaired) electrons. The molecule has 0 aliphatic carbocycles. The van der Waals surface area contributed by atoms with Gasteiger partial charge in [0.15, 0.2) is 0 Å². The van der Waals surface area contributed by atoms with Gasteiger partial charge in [-0.3, -0.25) is 23.2 Å². The van der Waals surface area contributed by atoms with Gasteiger partial charge in [0, 0.05) is 70.0 Å². The van der Waals surface area contributed by atoms with Crippen LogP contribution in [0.3, 0.4) is 0 Å². The predicted molar refractivity (Wildman–Crippen MR) is 181 cm³/mol. The average molecular weight is 767 g/mol. The lowest BCUT2D eigenvalue weighted by molar-refractivity contribution is -0.127. The fourth-order valence-corrected chi connectivity index (χ4v) is 3.80. The normalized spacial score (nSPS) is 10.4. The van der Waals surface area contributed by atoms with Crippen LogP contribution in [-0.2, 0) is 39.2 Å². The molecule has 0 unspecified atom stereocenters. The maximum Gasteiger partial charge on any atom is 0.394 e. The molecule has 0 spiro atoms. The van der Waals surface area contributed by atoms with Crippen LogP contribution in [0.25, 0.3) is 0 Å². The maximum atomic E-state index is 10.9. The summed E-state index contributed by atoms with van der Waals surface area (Å²) in [5, 5.41) is -2.28. The first-order chi connectivity index (χ1) is 20.8. The highest BCUT2D eigenvalue weighted by molar-refractivity contribution is 8.13. The highest BCUT2D eigenvalue weighted by atomic mass is 35.7. The van der Waals surface area contributed by atoms with Crippen LogP contribution in [0, 0.1) is 0 Å². The zero-order valence-corrected chi connectivity index (χ0v) is 30.0. The molecule has 20 heteroatoms. The van der Waals surface area contributed by atoms with E-state index in [2.05, 4.69) is 40.2 Å². The van der Waals surface area contributed by atoms with Gasteiger partial charge in [0.05, 0.1) is 9.79 Å². The van der Waals surface area contributed by atoms with Gasteiger partial charge >= 0.3 is 20.9 Å². The van der Waals surface area contributed by atoms with Crippen LogP contribution in [-0.4, -0.2) is 91.7 Å². The molecule has 0 saturated carbocycles. The Morgan fingerprint density at radius 1 is 0.522 bits per heavy atom. The van der Waals surface area contributed by atoms with E-state index in [-0.39, 0.29) is 9.79 Å². The van der Waals surface area contributed by atoms with E-state index in [1.54, 1.807) is 24.3 Å². The lowest BCUT2D eigenvalue weighted by Gasteiger charge is -2.11. The third-order valence-corrected chi connectivity index (χ3v) is 7.39. The number of nitrogens with zero attached hydrogens (tertiary/aromatic N) is 3. The Kier molecular flexibility index (Phi) is 20.6. The van der Waals surface area contributed by atoms with Crippen molar-refractivity contribution in [3.05, 3.63) is 78.9 Å². The van der Waals surface area contributed by atoms with Gasteiger partial charge < -0.3 is 14.7 Å². The summed E-state index contributed by atoms with van der Waals surface area (Å²) in [5.41, 5.74) is 3.06. The molecule has 3 N–H and O–H groups in total. The molecule has 0 saturated heterocycles. The van der Waals surface area contributed by atoms with Gasteiger partial charge in [-0.15, -0.1) is 0 Å². The molecule has 0 aliphatic heterocycles. The number of hydrogen-bond donors (Lipinski definition) is 3. The van der Waals surface area contributed by atoms with Crippen molar-refractivity contribution in [2.75, 3.05) is 57.0 Å². The second kappa shape index (κ2) is 21.0. The van der Waals surface area contributed by atoms with Gasteiger partial charge in [-0.2, -0.15) is 16.8 Å². The van der Waals surface area contributed by atoms with Crippen molar-refractivity contribution in [2.24, 2.45) is 0 Å². The van der Waals surface area contributed by atoms with E-state index in [9.17, 15) is 26.4 Å². The summed E-state index contributed by atoms with van der Waals surface area (Å²) >= 11 is 8.98. The van der Waals surface area contributed by atoms with Gasteiger partial charge in [0.25, 0.3) is 19.2 Å². The number of hydrogen-bond acceptors (Lipinski definition) is 11. The summed E-state index contributed by atoms with van der Waals surface area (Å²) in [7, 11) is 4.36. The van der Waals surface area contributed by atoms with Crippen molar-refractivity contribution in [3.8, 4) is 0 Å². The van der Waals surface area contributed by atoms with E-state index < -0.39 is 40.1 Å². The molecule has 3 aromatic rings. The van der Waals surface area contributed by atoms with Crippen LogP contribution >= 0.6 is 33.9 Å². The molecule has 0 fully saturated rings. The van der Waals surface area contributed by atoms with Crippen LogP contribution in [0.2, 0.25) is 0 Å². The first-order valence-corrected chi connectivity index (χ1v) is 18.0. The van der Waals surface area contributed by atoms with E-state index in [1.807, 2.05) is 70.3 Å². The first kappa shape index (κ1) is 45.1. The molecule has 0 atom stereocenters. The zero-order chi connectivity index (χ0) is 36.5. The Morgan fingerprint density at radius 2 is 0.783 bits per heavy atom. The highest BCUT2D eigenvalue weighted by Gasteiger charge is 2.09. The van der Waals surface area contributed by atoms with Gasteiger partial charge in [-0.1, -0.05) is 18.2 Å². The lowest BCUT2D eigenvalue weighted by atomic mass is 10.3. The molecule has 46 heavy (non-hydrogen) atoms. The molecule has 3 aromatic carbocycles. The maximum absolute atomic E-state index is 10.9. The molecule has 258 valence electrons. The standard InChI is InChI=1S/C8H10ClNO2S.C8H11NO3S.C8H11N.C2Cl2O2.H2O4S/c1-10(2)7-3-5-8(6-4-7)13(9,11)12;1-9(2)7-3-5-8(6-4-7)13(10,11)12;1-9(2)8-6-4-3-5-7-8;3-1(5)2(4)6;1-5(2,3)4/h3-6H,1-2H3;3-6H,1-2H3,(H,10,11,12);3-7H,1-2H3;;(H2,1,2,3,4). The van der Waals surface area contributed by atoms with Gasteiger partial charge in [-0.05, 0) is 83.9 Å². The molecule has 14 nitrogen and oxygen atoms in total. The fraction of sp³-hybridized carbons (Fsp3) is 0.231. The van der Waals surface area contributed by atoms with Crippen molar-refractivity contribution >= 4 is 91.0 Å². The number of carbonyl (C=O) groups excluding carboxylic acids is 2.